The van der Waals surface area contributed by atoms with E-state index in [9.17, 15) is 19.5 Å². The molecule has 1 saturated carbocycles. The van der Waals surface area contributed by atoms with Gasteiger partial charge >= 0.3 is 0 Å². The smallest absolute Gasteiger partial charge is 0.261 e. The van der Waals surface area contributed by atoms with E-state index in [1.165, 1.54) is 4.90 Å². The molecule has 6 heteroatoms. The molecule has 1 aromatic carbocycles. The molecule has 1 aliphatic carbocycles. The van der Waals surface area contributed by atoms with Crippen LogP contribution in [0.4, 0.5) is 0 Å². The Bertz CT molecular complexity index is 892. The van der Waals surface area contributed by atoms with Gasteiger partial charge in [-0.2, -0.15) is 0 Å². The molecular weight excluding hydrogens is 380 g/mol. The van der Waals surface area contributed by atoms with Crippen LogP contribution in [0.1, 0.15) is 80.0 Å². The van der Waals surface area contributed by atoms with E-state index < -0.39 is 0 Å². The molecule has 1 fully saturated rings. The summed E-state index contributed by atoms with van der Waals surface area (Å²) in [4.78, 5) is 43.5. The summed E-state index contributed by atoms with van der Waals surface area (Å²) in [6.07, 6.45) is 3.59. The number of ketones is 1. The van der Waals surface area contributed by atoms with Crippen molar-refractivity contribution in [1.82, 2.24) is 4.90 Å². The first-order valence-corrected chi connectivity index (χ1v) is 10.7. The molecule has 6 nitrogen and oxygen atoms in total. The topological polar surface area (TPSA) is 87.0 Å². The van der Waals surface area contributed by atoms with Gasteiger partial charge in [0.15, 0.2) is 5.78 Å². The second-order valence-electron chi connectivity index (χ2n) is 8.86. The molecule has 1 N–H and O–H groups in total. The Balaban J connectivity index is 1.71. The van der Waals surface area contributed by atoms with Crippen LogP contribution in [0.3, 0.4) is 0 Å². The number of hydrogen-bond acceptors (Lipinski definition) is 5. The van der Waals surface area contributed by atoms with E-state index in [1.54, 1.807) is 24.3 Å². The van der Waals surface area contributed by atoms with Crippen LogP contribution in [-0.2, 0) is 4.79 Å². The van der Waals surface area contributed by atoms with Gasteiger partial charge in [0.25, 0.3) is 11.8 Å². The van der Waals surface area contributed by atoms with Crippen molar-refractivity contribution in [3.63, 3.8) is 0 Å². The number of amides is 2. The lowest BCUT2D eigenvalue weighted by Crippen LogP contribution is -2.33. The number of benzene rings is 1. The van der Waals surface area contributed by atoms with E-state index in [0.717, 1.165) is 12.8 Å². The zero-order chi connectivity index (χ0) is 21.9. The third kappa shape index (κ3) is 4.53. The molecule has 0 unspecified atom stereocenters. The molecule has 1 aromatic rings. The molecule has 0 bridgehead atoms. The molecule has 0 saturated heterocycles. The fraction of sp³-hybridized carbons (Fsp3) is 0.500. The first kappa shape index (κ1) is 21.9. The zero-order valence-corrected chi connectivity index (χ0v) is 18.0. The zero-order valence-electron chi connectivity index (χ0n) is 18.0. The van der Waals surface area contributed by atoms with Crippen LogP contribution in [0, 0.1) is 5.41 Å². The monoisotopic (exact) mass is 410 g/mol. The lowest BCUT2D eigenvalue weighted by Gasteiger charge is -2.31. The number of aliphatic hydroxyl groups excluding tert-OH is 1. The highest BCUT2D eigenvalue weighted by Crippen LogP contribution is 2.36. The van der Waals surface area contributed by atoms with Crippen LogP contribution in [0.15, 0.2) is 40.6 Å². The molecule has 0 radical (unpaired) electrons. The van der Waals surface area contributed by atoms with Crippen molar-refractivity contribution in [2.45, 2.75) is 59.3 Å². The second-order valence-corrected chi connectivity index (χ2v) is 8.86. The molecule has 1 heterocycles. The Morgan fingerprint density at radius 2 is 1.70 bits per heavy atom. The number of hydrogen-bond donors (Lipinski definition) is 1. The highest BCUT2D eigenvalue weighted by molar-refractivity contribution is 6.24. The standard InChI is InChI=1S/C24H30N2O4/c1-4-5-12-25-18-14-24(2,3)15-20(28)21(18)19(27)11-8-13-26-22(29)16-9-6-7-10-17(16)23(26)30/h6-7,9-10,27H,4-5,8,11-15H2,1-3H3. The summed E-state index contributed by atoms with van der Waals surface area (Å²) in [6.45, 7) is 7.00. The van der Waals surface area contributed by atoms with Crippen LogP contribution in [0.2, 0.25) is 0 Å². The molecule has 0 atom stereocenters. The van der Waals surface area contributed by atoms with E-state index in [-0.39, 0.29) is 41.7 Å². The molecule has 160 valence electrons. The maximum absolute atomic E-state index is 12.7. The Hall–Kier alpha value is -2.76. The van der Waals surface area contributed by atoms with E-state index in [4.69, 9.17) is 0 Å². The predicted molar refractivity (Wildman–Crippen MR) is 116 cm³/mol. The van der Waals surface area contributed by atoms with E-state index >= 15 is 0 Å². The van der Waals surface area contributed by atoms with Crippen molar-refractivity contribution >= 4 is 23.3 Å². The number of carbonyl (C=O) groups excluding carboxylic acids is 3. The summed E-state index contributed by atoms with van der Waals surface area (Å²) in [7, 11) is 0. The Kier molecular flexibility index (Phi) is 6.54. The van der Waals surface area contributed by atoms with Gasteiger partial charge in [0, 0.05) is 31.6 Å². The van der Waals surface area contributed by atoms with Crippen LogP contribution in [-0.4, -0.2) is 46.4 Å². The number of imide groups is 1. The minimum atomic E-state index is -0.306. The second kappa shape index (κ2) is 8.94. The average Bonchev–Trinajstić information content (AvgIpc) is 2.92. The molecule has 2 aliphatic rings. The SMILES string of the molecule is CCCCN=C1CC(C)(C)CC(=O)C1=C(O)CCCN1C(=O)c2ccccc2C1=O. The minimum Gasteiger partial charge on any atom is -0.511 e. The first-order valence-electron chi connectivity index (χ1n) is 10.7. The Morgan fingerprint density at radius 1 is 1.07 bits per heavy atom. The van der Waals surface area contributed by atoms with E-state index in [1.807, 2.05) is 13.8 Å². The number of unbranched alkanes of at least 4 members (excludes halogenated alkanes) is 1. The molecule has 0 aromatic heterocycles. The first-order chi connectivity index (χ1) is 14.2. The van der Waals surface area contributed by atoms with Crippen molar-refractivity contribution in [3.05, 3.63) is 46.7 Å². The highest BCUT2D eigenvalue weighted by atomic mass is 16.3. The number of fused-ring (bicyclic) bond motifs is 1. The maximum Gasteiger partial charge on any atom is 0.261 e. The van der Waals surface area contributed by atoms with Crippen molar-refractivity contribution in [2.75, 3.05) is 13.1 Å². The van der Waals surface area contributed by atoms with E-state index in [2.05, 4.69) is 11.9 Å². The van der Waals surface area contributed by atoms with Gasteiger partial charge < -0.3 is 5.11 Å². The minimum absolute atomic E-state index is 0.0161. The summed E-state index contributed by atoms with van der Waals surface area (Å²) >= 11 is 0. The third-order valence-corrected chi connectivity index (χ3v) is 5.63. The van der Waals surface area contributed by atoms with Gasteiger partial charge in [-0.05, 0) is 36.8 Å². The van der Waals surface area contributed by atoms with Gasteiger partial charge in [-0.1, -0.05) is 39.3 Å². The van der Waals surface area contributed by atoms with Gasteiger partial charge in [0.1, 0.15) is 5.76 Å². The fourth-order valence-corrected chi connectivity index (χ4v) is 4.09. The number of carbonyl (C=O) groups is 3. The molecular formula is C24H30N2O4. The van der Waals surface area contributed by atoms with Gasteiger partial charge in [-0.3, -0.25) is 24.3 Å². The third-order valence-electron chi connectivity index (χ3n) is 5.63. The normalized spacial score (nSPS) is 21.4. The van der Waals surface area contributed by atoms with Gasteiger partial charge in [-0.25, -0.2) is 0 Å². The largest absolute Gasteiger partial charge is 0.511 e. The average molecular weight is 411 g/mol. The molecule has 3 rings (SSSR count). The van der Waals surface area contributed by atoms with Crippen LogP contribution >= 0.6 is 0 Å². The van der Waals surface area contributed by atoms with Crippen LogP contribution in [0.5, 0.6) is 0 Å². The Morgan fingerprint density at radius 3 is 2.30 bits per heavy atom. The number of nitrogens with zero attached hydrogens (tertiary/aromatic N) is 2. The summed E-state index contributed by atoms with van der Waals surface area (Å²) in [5.74, 6) is -0.679. The van der Waals surface area contributed by atoms with Crippen molar-refractivity contribution < 1.29 is 19.5 Å². The van der Waals surface area contributed by atoms with Gasteiger partial charge in [0.05, 0.1) is 16.7 Å². The highest BCUT2D eigenvalue weighted by Gasteiger charge is 2.37. The Labute approximate surface area is 177 Å². The number of Topliss-reactive ketones (excluding diaryl/α,β-unsaturated/α-hetero) is 1. The number of aliphatic imine (C=N–C) groups is 1. The van der Waals surface area contributed by atoms with Crippen molar-refractivity contribution in [1.29, 1.82) is 0 Å². The molecule has 2 amide bonds. The number of allylic oxidation sites excluding steroid dienone is 2. The van der Waals surface area contributed by atoms with Crippen LogP contribution in [0.25, 0.3) is 0 Å². The summed E-state index contributed by atoms with van der Waals surface area (Å²) in [6, 6.07) is 6.77. The van der Waals surface area contributed by atoms with Crippen molar-refractivity contribution in [2.24, 2.45) is 10.4 Å². The molecule has 0 spiro atoms. The van der Waals surface area contributed by atoms with Crippen LogP contribution < -0.4 is 0 Å². The number of aliphatic hydroxyl groups is 1. The van der Waals surface area contributed by atoms with Crippen molar-refractivity contribution in [3.8, 4) is 0 Å². The lowest BCUT2D eigenvalue weighted by atomic mass is 9.73. The molecule has 30 heavy (non-hydrogen) atoms. The molecule has 1 aliphatic heterocycles. The summed E-state index contributed by atoms with van der Waals surface area (Å²) in [5.41, 5.74) is 1.68. The van der Waals surface area contributed by atoms with Gasteiger partial charge in [0.2, 0.25) is 0 Å². The summed E-state index contributed by atoms with van der Waals surface area (Å²) in [5, 5.41) is 10.7. The predicted octanol–water partition coefficient (Wildman–Crippen LogP) is 4.51. The maximum atomic E-state index is 12.7. The van der Waals surface area contributed by atoms with E-state index in [0.29, 0.717) is 48.2 Å². The number of rotatable bonds is 7. The summed E-state index contributed by atoms with van der Waals surface area (Å²) < 4.78 is 0. The lowest BCUT2D eigenvalue weighted by molar-refractivity contribution is -0.117. The van der Waals surface area contributed by atoms with Gasteiger partial charge in [-0.15, -0.1) is 0 Å². The fourth-order valence-electron chi connectivity index (χ4n) is 4.09. The quantitative estimate of drug-likeness (QED) is 0.310.